The molecule has 0 saturated heterocycles. The summed E-state index contributed by atoms with van der Waals surface area (Å²) in [5, 5.41) is 12.0. The zero-order valence-corrected chi connectivity index (χ0v) is 12.3. The smallest absolute Gasteiger partial charge is 0.255 e. The molecule has 0 atom stereocenters. The Morgan fingerprint density at radius 2 is 2.19 bits per heavy atom. The number of aliphatic hydroxyl groups is 1. The SMILES string of the molecule is CCCNc1cc(C(=O)N(CCO)CC(F)F)cc(C)n1. The maximum absolute atomic E-state index is 12.5. The summed E-state index contributed by atoms with van der Waals surface area (Å²) < 4.78 is 25.0. The van der Waals surface area contributed by atoms with E-state index in [9.17, 15) is 13.6 Å². The Bertz CT molecular complexity index is 470. The number of alkyl halides is 2. The van der Waals surface area contributed by atoms with Gasteiger partial charge >= 0.3 is 0 Å². The van der Waals surface area contributed by atoms with E-state index in [1.54, 1.807) is 19.1 Å². The lowest BCUT2D eigenvalue weighted by atomic mass is 10.2. The van der Waals surface area contributed by atoms with Gasteiger partial charge in [0.05, 0.1) is 13.2 Å². The molecule has 0 aliphatic rings. The minimum Gasteiger partial charge on any atom is -0.395 e. The first-order valence-electron chi connectivity index (χ1n) is 6.88. The highest BCUT2D eigenvalue weighted by Crippen LogP contribution is 2.13. The summed E-state index contributed by atoms with van der Waals surface area (Å²) in [7, 11) is 0. The van der Waals surface area contributed by atoms with Gasteiger partial charge in [-0.1, -0.05) is 6.92 Å². The van der Waals surface area contributed by atoms with E-state index in [4.69, 9.17) is 5.11 Å². The Morgan fingerprint density at radius 1 is 1.48 bits per heavy atom. The van der Waals surface area contributed by atoms with E-state index >= 15 is 0 Å². The van der Waals surface area contributed by atoms with Crippen LogP contribution in [0.4, 0.5) is 14.6 Å². The van der Waals surface area contributed by atoms with Crippen LogP contribution in [0.2, 0.25) is 0 Å². The molecule has 1 rings (SSSR count). The van der Waals surface area contributed by atoms with Crippen molar-refractivity contribution in [2.24, 2.45) is 0 Å². The third-order valence-electron chi connectivity index (χ3n) is 2.77. The Hall–Kier alpha value is -1.76. The van der Waals surface area contributed by atoms with Crippen LogP contribution in [0, 0.1) is 6.92 Å². The Morgan fingerprint density at radius 3 is 2.76 bits per heavy atom. The maximum Gasteiger partial charge on any atom is 0.255 e. The molecule has 0 fully saturated rings. The first-order valence-corrected chi connectivity index (χ1v) is 6.88. The van der Waals surface area contributed by atoms with Gasteiger partial charge in [-0.05, 0) is 25.5 Å². The predicted molar refractivity (Wildman–Crippen MR) is 76.7 cm³/mol. The van der Waals surface area contributed by atoms with Crippen LogP contribution in [0.15, 0.2) is 12.1 Å². The van der Waals surface area contributed by atoms with Crippen molar-refractivity contribution in [2.45, 2.75) is 26.7 Å². The van der Waals surface area contributed by atoms with Crippen LogP contribution in [0.25, 0.3) is 0 Å². The second-order valence-corrected chi connectivity index (χ2v) is 4.68. The van der Waals surface area contributed by atoms with Crippen molar-refractivity contribution < 1.29 is 18.7 Å². The van der Waals surface area contributed by atoms with Crippen LogP contribution in [0.5, 0.6) is 0 Å². The number of aromatic nitrogens is 1. The minimum absolute atomic E-state index is 0.123. The van der Waals surface area contributed by atoms with E-state index in [-0.39, 0.29) is 18.7 Å². The number of nitrogens with zero attached hydrogens (tertiary/aromatic N) is 2. The van der Waals surface area contributed by atoms with E-state index in [2.05, 4.69) is 10.3 Å². The summed E-state index contributed by atoms with van der Waals surface area (Å²) in [4.78, 5) is 17.5. The Labute approximate surface area is 123 Å². The van der Waals surface area contributed by atoms with Crippen molar-refractivity contribution in [3.8, 4) is 0 Å². The highest BCUT2D eigenvalue weighted by atomic mass is 19.3. The number of halogens is 2. The van der Waals surface area contributed by atoms with Crippen molar-refractivity contribution in [2.75, 3.05) is 31.6 Å². The van der Waals surface area contributed by atoms with E-state index in [0.717, 1.165) is 11.3 Å². The second-order valence-electron chi connectivity index (χ2n) is 4.68. The van der Waals surface area contributed by atoms with E-state index < -0.39 is 18.9 Å². The molecule has 1 heterocycles. The number of aliphatic hydroxyl groups excluding tert-OH is 1. The first kappa shape index (κ1) is 17.3. The molecule has 21 heavy (non-hydrogen) atoms. The Kier molecular flexibility index (Phi) is 7.01. The van der Waals surface area contributed by atoms with E-state index in [0.29, 0.717) is 18.1 Å². The summed E-state index contributed by atoms with van der Waals surface area (Å²) in [6.07, 6.45) is -1.73. The van der Waals surface area contributed by atoms with Crippen LogP contribution >= 0.6 is 0 Å². The zero-order valence-electron chi connectivity index (χ0n) is 12.3. The van der Waals surface area contributed by atoms with E-state index in [1.807, 2.05) is 6.92 Å². The molecule has 5 nitrogen and oxygen atoms in total. The molecule has 2 N–H and O–H groups in total. The first-order chi connectivity index (χ1) is 9.97. The second kappa shape index (κ2) is 8.51. The molecule has 1 aromatic rings. The van der Waals surface area contributed by atoms with Crippen LogP contribution in [0.1, 0.15) is 29.4 Å². The average molecular weight is 301 g/mol. The number of rotatable bonds is 8. The van der Waals surface area contributed by atoms with Gasteiger partial charge in [-0.15, -0.1) is 0 Å². The number of anilines is 1. The van der Waals surface area contributed by atoms with Gasteiger partial charge in [0.15, 0.2) is 0 Å². The number of carbonyl (C=O) groups excluding carboxylic acids is 1. The number of pyridine rings is 1. The monoisotopic (exact) mass is 301 g/mol. The molecule has 0 bridgehead atoms. The molecular formula is C14H21F2N3O2. The zero-order chi connectivity index (χ0) is 15.8. The van der Waals surface area contributed by atoms with E-state index in [1.165, 1.54) is 0 Å². The molecule has 0 spiro atoms. The number of aryl methyl sites for hydroxylation is 1. The van der Waals surface area contributed by atoms with Crippen LogP contribution < -0.4 is 5.32 Å². The molecule has 1 aromatic heterocycles. The van der Waals surface area contributed by atoms with Crippen LogP contribution in [0.3, 0.4) is 0 Å². The molecule has 0 saturated carbocycles. The van der Waals surface area contributed by atoms with Crippen LogP contribution in [-0.2, 0) is 0 Å². The van der Waals surface area contributed by atoms with Crippen molar-refractivity contribution in [3.63, 3.8) is 0 Å². The minimum atomic E-state index is -2.64. The average Bonchev–Trinajstić information content (AvgIpc) is 2.43. The largest absolute Gasteiger partial charge is 0.395 e. The maximum atomic E-state index is 12.5. The summed E-state index contributed by atoms with van der Waals surface area (Å²) in [6.45, 7) is 3.27. The van der Waals surface area contributed by atoms with Gasteiger partial charge in [0.2, 0.25) is 0 Å². The molecule has 7 heteroatoms. The van der Waals surface area contributed by atoms with Crippen LogP contribution in [-0.4, -0.2) is 53.6 Å². The summed E-state index contributed by atoms with van der Waals surface area (Å²) >= 11 is 0. The lowest BCUT2D eigenvalue weighted by molar-refractivity contribution is 0.0509. The third kappa shape index (κ3) is 5.63. The lowest BCUT2D eigenvalue weighted by Gasteiger charge is -2.21. The quantitative estimate of drug-likeness (QED) is 0.770. The Balaban J connectivity index is 2.94. The fourth-order valence-corrected chi connectivity index (χ4v) is 1.88. The summed E-state index contributed by atoms with van der Waals surface area (Å²) in [5.74, 6) is 0.00981. The number of amides is 1. The fourth-order valence-electron chi connectivity index (χ4n) is 1.88. The fraction of sp³-hybridized carbons (Fsp3) is 0.571. The van der Waals surface area contributed by atoms with Gasteiger partial charge in [-0.3, -0.25) is 4.79 Å². The number of carbonyl (C=O) groups is 1. The van der Waals surface area contributed by atoms with Gasteiger partial charge in [-0.25, -0.2) is 13.8 Å². The topological polar surface area (TPSA) is 65.5 Å². The van der Waals surface area contributed by atoms with Gasteiger partial charge < -0.3 is 15.3 Å². The number of hydrogen-bond acceptors (Lipinski definition) is 4. The highest BCUT2D eigenvalue weighted by molar-refractivity contribution is 5.95. The summed E-state index contributed by atoms with van der Waals surface area (Å²) in [5.41, 5.74) is 0.913. The normalized spacial score (nSPS) is 10.8. The van der Waals surface area contributed by atoms with Gasteiger partial charge in [0.1, 0.15) is 5.82 Å². The standard InChI is InChI=1S/C14H21F2N3O2/c1-3-4-17-13-8-11(7-10(2)18-13)14(21)19(5-6-20)9-12(15)16/h7-8,12,20H,3-6,9H2,1-2H3,(H,17,18). The molecule has 0 aliphatic carbocycles. The number of hydrogen-bond donors (Lipinski definition) is 2. The van der Waals surface area contributed by atoms with Gasteiger partial charge in [0, 0.05) is 24.3 Å². The van der Waals surface area contributed by atoms with Crippen molar-refractivity contribution >= 4 is 11.7 Å². The highest BCUT2D eigenvalue weighted by Gasteiger charge is 2.20. The molecule has 0 unspecified atom stereocenters. The van der Waals surface area contributed by atoms with Crippen molar-refractivity contribution in [3.05, 3.63) is 23.4 Å². The third-order valence-corrected chi connectivity index (χ3v) is 2.77. The molecule has 0 radical (unpaired) electrons. The van der Waals surface area contributed by atoms with Gasteiger partial charge in [-0.2, -0.15) is 0 Å². The molecule has 0 aromatic carbocycles. The molecule has 118 valence electrons. The predicted octanol–water partition coefficient (Wildman–Crippen LogP) is 1.91. The molecular weight excluding hydrogens is 280 g/mol. The molecule has 1 amide bonds. The van der Waals surface area contributed by atoms with Gasteiger partial charge in [0.25, 0.3) is 12.3 Å². The van der Waals surface area contributed by atoms with Crippen molar-refractivity contribution in [1.82, 2.24) is 9.88 Å². The number of nitrogens with one attached hydrogen (secondary N) is 1. The lowest BCUT2D eigenvalue weighted by Crippen LogP contribution is -2.37. The van der Waals surface area contributed by atoms with Crippen molar-refractivity contribution in [1.29, 1.82) is 0 Å². The summed E-state index contributed by atoms with van der Waals surface area (Å²) in [6, 6.07) is 3.09. The molecule has 0 aliphatic heterocycles.